The molecule has 146 valence electrons. The number of carbonyl (C=O) groups is 1. The summed E-state index contributed by atoms with van der Waals surface area (Å²) in [5.74, 6) is -0.394. The smallest absolute Gasteiger partial charge is 0.408 e. The number of carbonyl (C=O) groups excluding carboxylic acids is 1. The minimum atomic E-state index is -0.425. The number of oxazole rings is 1. The van der Waals surface area contributed by atoms with E-state index in [-0.39, 0.29) is 18.4 Å². The molecule has 0 aliphatic carbocycles. The molecule has 0 N–H and O–H groups in total. The van der Waals surface area contributed by atoms with E-state index in [4.69, 9.17) is 4.42 Å². The summed E-state index contributed by atoms with van der Waals surface area (Å²) >= 11 is 0. The van der Waals surface area contributed by atoms with Crippen molar-refractivity contribution >= 4 is 17.0 Å². The maximum absolute atomic E-state index is 13.2. The molecule has 1 amide bonds. The molecule has 5 rings (SSSR count). The van der Waals surface area contributed by atoms with Gasteiger partial charge in [-0.3, -0.25) is 9.36 Å². The molecule has 0 bridgehead atoms. The van der Waals surface area contributed by atoms with Crippen LogP contribution >= 0.6 is 0 Å². The highest BCUT2D eigenvalue weighted by molar-refractivity contribution is 5.78. The van der Waals surface area contributed by atoms with Gasteiger partial charge < -0.3 is 13.9 Å². The third kappa shape index (κ3) is 3.06. The van der Waals surface area contributed by atoms with E-state index in [1.54, 1.807) is 6.07 Å². The first kappa shape index (κ1) is 17.6. The van der Waals surface area contributed by atoms with Gasteiger partial charge in [-0.2, -0.15) is 0 Å². The number of para-hydroxylation sites is 2. The lowest BCUT2D eigenvalue weighted by atomic mass is 9.99. The summed E-state index contributed by atoms with van der Waals surface area (Å²) in [4.78, 5) is 27.4. The molecule has 1 aliphatic rings. The van der Waals surface area contributed by atoms with Gasteiger partial charge in [-0.25, -0.2) is 4.79 Å². The summed E-state index contributed by atoms with van der Waals surface area (Å²) in [5.41, 5.74) is 3.47. The summed E-state index contributed by atoms with van der Waals surface area (Å²) in [5, 5.41) is 0. The minimum absolute atomic E-state index is 0.0310. The molecule has 0 radical (unpaired) electrons. The minimum Gasteiger partial charge on any atom is -0.408 e. The number of amides is 1. The fraction of sp³-hybridized carbons (Fsp3) is 0.217. The van der Waals surface area contributed by atoms with Crippen LogP contribution in [-0.4, -0.2) is 26.5 Å². The Kier molecular flexibility index (Phi) is 4.31. The quantitative estimate of drug-likeness (QED) is 0.539. The molecule has 1 unspecified atom stereocenters. The van der Waals surface area contributed by atoms with Crippen molar-refractivity contribution in [3.05, 3.63) is 94.7 Å². The van der Waals surface area contributed by atoms with E-state index in [0.717, 1.165) is 23.3 Å². The molecule has 6 heteroatoms. The van der Waals surface area contributed by atoms with Crippen molar-refractivity contribution in [3.8, 4) is 0 Å². The predicted octanol–water partition coefficient (Wildman–Crippen LogP) is 3.42. The van der Waals surface area contributed by atoms with E-state index in [1.807, 2.05) is 47.4 Å². The topological polar surface area (TPSA) is 60.4 Å². The monoisotopic (exact) mass is 387 g/mol. The Labute approximate surface area is 167 Å². The Balaban J connectivity index is 1.42. The number of aryl methyl sites for hydroxylation is 1. The zero-order valence-corrected chi connectivity index (χ0v) is 15.9. The van der Waals surface area contributed by atoms with E-state index in [0.29, 0.717) is 18.7 Å². The molecule has 0 saturated heterocycles. The lowest BCUT2D eigenvalue weighted by molar-refractivity contribution is -0.134. The van der Waals surface area contributed by atoms with Crippen LogP contribution in [0.4, 0.5) is 0 Å². The number of hydrogen-bond donors (Lipinski definition) is 0. The number of aromatic nitrogens is 2. The van der Waals surface area contributed by atoms with Gasteiger partial charge in [-0.1, -0.05) is 42.5 Å². The largest absolute Gasteiger partial charge is 0.419 e. The van der Waals surface area contributed by atoms with Gasteiger partial charge in [0.1, 0.15) is 0 Å². The van der Waals surface area contributed by atoms with E-state index in [2.05, 4.69) is 29.0 Å². The van der Waals surface area contributed by atoms with Crippen LogP contribution in [0.2, 0.25) is 0 Å². The van der Waals surface area contributed by atoms with Gasteiger partial charge in [-0.05, 0) is 29.8 Å². The van der Waals surface area contributed by atoms with Gasteiger partial charge in [0.05, 0.1) is 11.6 Å². The van der Waals surface area contributed by atoms with Gasteiger partial charge >= 0.3 is 5.76 Å². The van der Waals surface area contributed by atoms with Crippen molar-refractivity contribution in [1.29, 1.82) is 0 Å². The zero-order valence-electron chi connectivity index (χ0n) is 15.9. The third-order valence-electron chi connectivity index (χ3n) is 5.60. The van der Waals surface area contributed by atoms with Gasteiger partial charge in [0, 0.05) is 37.9 Å². The molecule has 4 aromatic rings. The summed E-state index contributed by atoms with van der Waals surface area (Å²) in [7, 11) is 0. The van der Waals surface area contributed by atoms with Crippen LogP contribution in [-0.2, 0) is 17.9 Å². The predicted molar refractivity (Wildman–Crippen MR) is 110 cm³/mol. The summed E-state index contributed by atoms with van der Waals surface area (Å²) < 4.78 is 9.03. The summed E-state index contributed by atoms with van der Waals surface area (Å²) in [6.07, 6.45) is 2.30. The molecular weight excluding hydrogens is 366 g/mol. The van der Waals surface area contributed by atoms with Crippen LogP contribution in [0.3, 0.4) is 0 Å². The maximum atomic E-state index is 13.2. The standard InChI is InChI=1S/C23H21N3O3/c27-21(12-14-25-18-9-4-5-11-20(18)29-23(25)28)26-16-15-24-13-6-10-19(24)22(26)17-7-2-1-3-8-17/h1-11,13,22H,12,14-16H2. The maximum Gasteiger partial charge on any atom is 0.419 e. The van der Waals surface area contributed by atoms with E-state index in [1.165, 1.54) is 4.57 Å². The molecule has 1 atom stereocenters. The SMILES string of the molecule is O=C(CCn1c(=O)oc2ccccc21)N1CCn2cccc2C1c1ccccc1. The van der Waals surface area contributed by atoms with Gasteiger partial charge in [0.2, 0.25) is 5.91 Å². The van der Waals surface area contributed by atoms with Crippen LogP contribution in [0.25, 0.3) is 11.1 Å². The molecule has 2 aromatic heterocycles. The zero-order chi connectivity index (χ0) is 19.8. The molecule has 0 saturated carbocycles. The molecule has 6 nitrogen and oxygen atoms in total. The third-order valence-corrected chi connectivity index (χ3v) is 5.60. The van der Waals surface area contributed by atoms with Crippen LogP contribution < -0.4 is 5.76 Å². The van der Waals surface area contributed by atoms with Crippen LogP contribution in [0.1, 0.15) is 23.7 Å². The highest BCUT2D eigenvalue weighted by Gasteiger charge is 2.31. The Morgan fingerprint density at radius 1 is 0.966 bits per heavy atom. The molecule has 0 spiro atoms. The van der Waals surface area contributed by atoms with Crippen molar-refractivity contribution in [2.45, 2.75) is 25.6 Å². The molecule has 29 heavy (non-hydrogen) atoms. The molecule has 0 fully saturated rings. The number of nitrogens with zero attached hydrogens (tertiary/aromatic N) is 3. The van der Waals surface area contributed by atoms with Crippen LogP contribution in [0.5, 0.6) is 0 Å². The Morgan fingerprint density at radius 3 is 2.62 bits per heavy atom. The van der Waals surface area contributed by atoms with Crippen LogP contribution in [0.15, 0.2) is 82.1 Å². The van der Waals surface area contributed by atoms with Crippen molar-refractivity contribution in [2.24, 2.45) is 0 Å². The fourth-order valence-corrected chi connectivity index (χ4v) is 4.21. The molecular formula is C23H21N3O3. The fourth-order valence-electron chi connectivity index (χ4n) is 4.21. The second-order valence-corrected chi connectivity index (χ2v) is 7.26. The Hall–Kier alpha value is -3.54. The van der Waals surface area contributed by atoms with Gasteiger partial charge in [0.25, 0.3) is 0 Å². The molecule has 3 heterocycles. The number of rotatable bonds is 4. The Morgan fingerprint density at radius 2 is 1.76 bits per heavy atom. The summed E-state index contributed by atoms with van der Waals surface area (Å²) in [6, 6.07) is 21.4. The highest BCUT2D eigenvalue weighted by Crippen LogP contribution is 2.32. The lowest BCUT2D eigenvalue weighted by Crippen LogP contribution is -2.42. The second kappa shape index (κ2) is 7.13. The first-order chi connectivity index (χ1) is 14.2. The molecule has 2 aromatic carbocycles. The van der Waals surface area contributed by atoms with Crippen molar-refractivity contribution < 1.29 is 9.21 Å². The first-order valence-electron chi connectivity index (χ1n) is 9.80. The number of benzene rings is 2. The van der Waals surface area contributed by atoms with Crippen LogP contribution in [0, 0.1) is 0 Å². The van der Waals surface area contributed by atoms with Crippen molar-refractivity contribution in [3.63, 3.8) is 0 Å². The Bertz CT molecular complexity index is 1220. The van der Waals surface area contributed by atoms with Crippen molar-refractivity contribution in [2.75, 3.05) is 6.54 Å². The van der Waals surface area contributed by atoms with Gasteiger partial charge in [-0.15, -0.1) is 0 Å². The second-order valence-electron chi connectivity index (χ2n) is 7.26. The summed E-state index contributed by atoms with van der Waals surface area (Å²) in [6.45, 7) is 1.71. The van der Waals surface area contributed by atoms with E-state index in [9.17, 15) is 9.59 Å². The van der Waals surface area contributed by atoms with Gasteiger partial charge in [0.15, 0.2) is 5.58 Å². The highest BCUT2D eigenvalue weighted by atomic mass is 16.4. The van der Waals surface area contributed by atoms with E-state index >= 15 is 0 Å². The lowest BCUT2D eigenvalue weighted by Gasteiger charge is -2.37. The number of fused-ring (bicyclic) bond motifs is 2. The normalized spacial score (nSPS) is 16.1. The molecule has 1 aliphatic heterocycles. The number of hydrogen-bond acceptors (Lipinski definition) is 3. The first-order valence-corrected chi connectivity index (χ1v) is 9.80. The average molecular weight is 387 g/mol. The van der Waals surface area contributed by atoms with E-state index < -0.39 is 5.76 Å². The average Bonchev–Trinajstić information content (AvgIpc) is 3.35. The van der Waals surface area contributed by atoms with Crippen molar-refractivity contribution in [1.82, 2.24) is 14.0 Å².